The van der Waals surface area contributed by atoms with Crippen molar-refractivity contribution in [2.75, 3.05) is 85.2 Å². The van der Waals surface area contributed by atoms with E-state index in [1.54, 1.807) is 13.2 Å². The van der Waals surface area contributed by atoms with Gasteiger partial charge in [0.05, 0.1) is 38.1 Å². The number of rotatable bonds is 21. The van der Waals surface area contributed by atoms with Crippen LogP contribution >= 0.6 is 0 Å². The molecule has 9 rings (SSSR count). The predicted molar refractivity (Wildman–Crippen MR) is 279 cm³/mol. The van der Waals surface area contributed by atoms with Gasteiger partial charge in [0, 0.05) is 138 Å². The Bertz CT molecular complexity index is 2770. The number of likely N-dealkylation sites (N-methyl/N-ethyl adjacent to an activating group) is 2. The van der Waals surface area contributed by atoms with E-state index >= 15 is 0 Å². The maximum Gasteiger partial charge on any atom is 0.258 e. The molecule has 0 N–H and O–H groups in total. The Morgan fingerprint density at radius 2 is 1.21 bits per heavy atom. The van der Waals surface area contributed by atoms with Crippen molar-refractivity contribution in [2.24, 2.45) is 5.92 Å². The molecule has 5 aromatic rings. The number of anilines is 5. The van der Waals surface area contributed by atoms with E-state index in [4.69, 9.17) is 23.7 Å². The summed E-state index contributed by atoms with van der Waals surface area (Å²) >= 11 is 0. The Balaban J connectivity index is 0.00000390. The maximum atomic E-state index is 14.3. The fraction of sp³-hybridized carbons (Fsp3) is 0.397. The van der Waals surface area contributed by atoms with Crippen molar-refractivity contribution >= 4 is 46.0 Å². The fourth-order valence-electron chi connectivity index (χ4n) is 10.3. The van der Waals surface area contributed by atoms with Crippen molar-refractivity contribution in [3.63, 3.8) is 0 Å². The molecule has 5 aromatic carbocycles. The number of fused-ring (bicyclic) bond motifs is 8. The Morgan fingerprint density at radius 1 is 0.671 bits per heavy atom. The smallest absolute Gasteiger partial charge is 0.258 e. The van der Waals surface area contributed by atoms with E-state index in [9.17, 15) is 14.4 Å². The van der Waals surface area contributed by atoms with Gasteiger partial charge in [0.15, 0.2) is 11.5 Å². The van der Waals surface area contributed by atoms with Gasteiger partial charge >= 0.3 is 0 Å². The molecule has 13 nitrogen and oxygen atoms in total. The van der Waals surface area contributed by atoms with E-state index in [-0.39, 0.29) is 114 Å². The minimum Gasteiger partial charge on any atom is -0.522 e. The van der Waals surface area contributed by atoms with Crippen LogP contribution in [0.2, 0.25) is 0 Å². The van der Waals surface area contributed by atoms with Crippen molar-refractivity contribution in [3.05, 3.63) is 143 Å². The predicted octanol–water partition coefficient (Wildman–Crippen LogP) is 9.78. The topological polar surface area (TPSA) is 114 Å². The van der Waals surface area contributed by atoms with Crippen molar-refractivity contribution in [2.45, 2.75) is 85.1 Å². The first-order chi connectivity index (χ1) is 34.4. The number of carbonyl (C=O) groups is 3. The summed E-state index contributed by atoms with van der Waals surface area (Å²) in [6, 6.07) is 30.0. The first kappa shape index (κ1) is 56.4. The minimum absolute atomic E-state index is 0. The standard InChI is InChI=1S/C58H67N5O8.2Y/c1-8-21-68-23-24-69-22-20-61(19-13-18-53(64)38(2)3)44-27-40(36-70-54-32-51-47(25-39(54)4)57(65)62-45(34-59(51)5)29-42-14-9-11-16-49(42)62)26-41(28-44)37-71-56-33-52-48(31-55(56)67-7)58(66)63-46(35-60(52)6)30-43-15-10-12-17-50(43)63;;/h9-12,14-17,25-28,31-35,38,45-46H,8,13,18-24,29-30,36-37H2,1-7H3;;/q-2;;/t45-,46-;;/m0../s1. The zero-order valence-electron chi connectivity index (χ0n) is 43.4. The van der Waals surface area contributed by atoms with Crippen LogP contribution in [-0.4, -0.2) is 90.4 Å². The summed E-state index contributed by atoms with van der Waals surface area (Å²) in [6.45, 7) is 16.0. The van der Waals surface area contributed by atoms with Crippen LogP contribution in [0.25, 0.3) is 0 Å². The molecule has 15 heteroatoms. The number of para-hydroxylation sites is 2. The van der Waals surface area contributed by atoms with Crippen LogP contribution in [0.5, 0.6) is 17.2 Å². The average molecular weight is 1140 g/mol. The van der Waals surface area contributed by atoms with Crippen molar-refractivity contribution in [1.82, 2.24) is 0 Å². The van der Waals surface area contributed by atoms with Crippen molar-refractivity contribution in [3.8, 4) is 17.2 Å². The number of hydrogen-bond acceptors (Lipinski definition) is 11. The molecule has 4 aliphatic heterocycles. The van der Waals surface area contributed by atoms with Gasteiger partial charge in [0.2, 0.25) is 0 Å². The molecule has 380 valence electrons. The van der Waals surface area contributed by atoms with Crippen LogP contribution in [-0.2, 0) is 106 Å². The fourth-order valence-corrected chi connectivity index (χ4v) is 10.3. The normalized spacial score (nSPS) is 16.3. The molecule has 0 fully saturated rings. The summed E-state index contributed by atoms with van der Waals surface area (Å²) in [6.07, 6.45) is 3.62. The number of nitrogens with zero attached hydrogens (tertiary/aromatic N) is 5. The third kappa shape index (κ3) is 12.5. The second kappa shape index (κ2) is 25.4. The largest absolute Gasteiger partial charge is 0.522 e. The minimum atomic E-state index is -0.116. The third-order valence-electron chi connectivity index (χ3n) is 14.0. The quantitative estimate of drug-likeness (QED) is 0.0517. The molecule has 0 spiro atoms. The molecular formula is C58H67N5O8Y2-2. The Kier molecular flexibility index (Phi) is 19.7. The maximum absolute atomic E-state index is 14.3. The van der Waals surface area contributed by atoms with Gasteiger partial charge < -0.3 is 48.2 Å². The van der Waals surface area contributed by atoms with Gasteiger partial charge in [0.1, 0.15) is 24.7 Å². The number of methoxy groups -OCH3 is 1. The number of benzene rings is 5. The molecule has 0 unspecified atom stereocenters. The number of hydrogen-bond donors (Lipinski definition) is 0. The summed E-state index contributed by atoms with van der Waals surface area (Å²) in [4.78, 5) is 51.5. The number of amides is 2. The van der Waals surface area contributed by atoms with Gasteiger partial charge in [-0.25, -0.2) is 13.1 Å². The molecule has 0 aliphatic carbocycles. The van der Waals surface area contributed by atoms with Crippen LogP contribution in [0.4, 0.5) is 28.4 Å². The molecule has 2 atom stereocenters. The van der Waals surface area contributed by atoms with Crippen molar-refractivity contribution in [1.29, 1.82) is 0 Å². The van der Waals surface area contributed by atoms with E-state index in [0.29, 0.717) is 80.7 Å². The van der Waals surface area contributed by atoms with Gasteiger partial charge in [-0.3, -0.25) is 14.4 Å². The Hall–Kier alpha value is -4.36. The number of ether oxygens (including phenoxy) is 5. The van der Waals surface area contributed by atoms with Gasteiger partial charge in [-0.05, 0) is 117 Å². The van der Waals surface area contributed by atoms with E-state index in [1.807, 2.05) is 104 Å². The molecule has 0 saturated carbocycles. The van der Waals surface area contributed by atoms with Crippen LogP contribution in [0.1, 0.15) is 88.6 Å². The van der Waals surface area contributed by atoms with Gasteiger partial charge in [-0.2, -0.15) is 0 Å². The number of carbonyl (C=O) groups excluding carboxylic acids is 3. The van der Waals surface area contributed by atoms with Crippen LogP contribution in [0.15, 0.2) is 91.0 Å². The van der Waals surface area contributed by atoms with Crippen LogP contribution in [0.3, 0.4) is 0 Å². The average Bonchev–Trinajstić information content (AvgIpc) is 3.87. The van der Waals surface area contributed by atoms with E-state index < -0.39 is 0 Å². The zero-order valence-corrected chi connectivity index (χ0v) is 49.1. The van der Waals surface area contributed by atoms with E-state index in [0.717, 1.165) is 70.0 Å². The first-order valence-corrected chi connectivity index (χ1v) is 25.1. The van der Waals surface area contributed by atoms with Gasteiger partial charge in [-0.15, -0.1) is 0 Å². The van der Waals surface area contributed by atoms with Crippen LogP contribution < -0.4 is 38.7 Å². The SMILES string of the molecule is CCCOCCOCCN(CCCC(=O)C(C)C)c1cc(COc2cc3c(cc2C)C(=O)N2c4ccccc4C[C@H]2[CH-]N3C)cc(COc2cc3c(cc2OC)C(=O)N2c4ccccc4C[C@H]2[CH-]N3C)c1.[Y].[Y]. The summed E-state index contributed by atoms with van der Waals surface area (Å²) < 4.78 is 31.1. The summed E-state index contributed by atoms with van der Waals surface area (Å²) in [5, 5.41) is 0. The van der Waals surface area contributed by atoms with E-state index in [1.165, 1.54) is 5.56 Å². The van der Waals surface area contributed by atoms with E-state index in [2.05, 4.69) is 60.1 Å². The molecule has 4 heterocycles. The summed E-state index contributed by atoms with van der Waals surface area (Å²) in [7, 11) is 5.56. The number of ketones is 1. The monoisotopic (exact) mass is 1140 g/mol. The number of aryl methyl sites for hydroxylation is 1. The zero-order chi connectivity index (χ0) is 49.8. The second-order valence-corrected chi connectivity index (χ2v) is 19.3. The molecular weight excluding hydrogens is 1070 g/mol. The summed E-state index contributed by atoms with van der Waals surface area (Å²) in [5.74, 6) is 1.74. The van der Waals surface area contributed by atoms with Gasteiger partial charge in [-0.1, -0.05) is 69.3 Å². The molecule has 2 amide bonds. The third-order valence-corrected chi connectivity index (χ3v) is 14.0. The molecule has 2 radical (unpaired) electrons. The van der Waals surface area contributed by atoms with Crippen molar-refractivity contribution < 1.29 is 103 Å². The molecule has 73 heavy (non-hydrogen) atoms. The number of Topliss-reactive ketones (excluding diaryl/α,β-unsaturated/α-hetero) is 1. The molecule has 0 bridgehead atoms. The van der Waals surface area contributed by atoms with Gasteiger partial charge in [0.25, 0.3) is 11.8 Å². The molecule has 0 saturated heterocycles. The Labute approximate surface area is 481 Å². The first-order valence-electron chi connectivity index (χ1n) is 25.1. The van der Waals surface area contributed by atoms with Crippen LogP contribution in [0, 0.1) is 25.9 Å². The molecule has 4 aliphatic rings. The second-order valence-electron chi connectivity index (χ2n) is 19.3. The summed E-state index contributed by atoms with van der Waals surface area (Å²) in [5.41, 5.74) is 10.5. The Morgan fingerprint density at radius 3 is 1.77 bits per heavy atom. The molecule has 0 aromatic heterocycles.